The summed E-state index contributed by atoms with van der Waals surface area (Å²) in [4.78, 5) is 28.1. The maximum atomic E-state index is 13.8. The van der Waals surface area contributed by atoms with Crippen molar-refractivity contribution < 1.29 is 18.0 Å². The Hall–Kier alpha value is -3.07. The van der Waals surface area contributed by atoms with E-state index in [1.54, 1.807) is 25.1 Å². The summed E-state index contributed by atoms with van der Waals surface area (Å²) >= 11 is 12.1. The van der Waals surface area contributed by atoms with Crippen LogP contribution in [-0.2, 0) is 26.2 Å². The van der Waals surface area contributed by atoms with Gasteiger partial charge in [0.05, 0.1) is 10.6 Å². The first-order valence-electron chi connectivity index (χ1n) is 12.2. The van der Waals surface area contributed by atoms with Crippen LogP contribution in [-0.4, -0.2) is 44.3 Å². The van der Waals surface area contributed by atoms with Crippen LogP contribution in [0.4, 0.5) is 5.69 Å². The van der Waals surface area contributed by atoms with Gasteiger partial charge in [0.1, 0.15) is 12.6 Å². The van der Waals surface area contributed by atoms with Crippen LogP contribution < -0.4 is 9.62 Å². The number of sulfonamides is 1. The van der Waals surface area contributed by atoms with Gasteiger partial charge < -0.3 is 10.2 Å². The van der Waals surface area contributed by atoms with E-state index >= 15 is 0 Å². The molecule has 0 unspecified atom stereocenters. The van der Waals surface area contributed by atoms with Crippen molar-refractivity contribution in [1.29, 1.82) is 0 Å². The number of carbonyl (C=O) groups excluding carboxylic acids is 2. The van der Waals surface area contributed by atoms with E-state index in [2.05, 4.69) is 5.32 Å². The third-order valence-corrected chi connectivity index (χ3v) is 8.24. The Morgan fingerprint density at radius 1 is 0.947 bits per heavy atom. The molecule has 3 aromatic rings. The number of nitrogens with zero attached hydrogens (tertiary/aromatic N) is 2. The van der Waals surface area contributed by atoms with E-state index in [4.69, 9.17) is 23.2 Å². The van der Waals surface area contributed by atoms with Crippen LogP contribution in [0, 0.1) is 6.92 Å². The predicted molar refractivity (Wildman–Crippen MR) is 152 cm³/mol. The van der Waals surface area contributed by atoms with Crippen molar-refractivity contribution in [3.05, 3.63) is 94.0 Å². The van der Waals surface area contributed by atoms with E-state index in [0.717, 1.165) is 21.9 Å². The number of amides is 2. The lowest BCUT2D eigenvalue weighted by Gasteiger charge is -2.32. The molecular formula is C28H31Cl2N3O4S. The van der Waals surface area contributed by atoms with Crippen LogP contribution in [0.1, 0.15) is 31.4 Å². The molecule has 0 aliphatic carbocycles. The molecule has 0 saturated heterocycles. The van der Waals surface area contributed by atoms with Gasteiger partial charge in [0, 0.05) is 23.1 Å². The van der Waals surface area contributed by atoms with Gasteiger partial charge in [0.2, 0.25) is 11.8 Å². The molecule has 38 heavy (non-hydrogen) atoms. The predicted octanol–water partition coefficient (Wildman–Crippen LogP) is 5.44. The molecule has 0 aliphatic heterocycles. The number of carbonyl (C=O) groups is 2. The normalized spacial score (nSPS) is 12.0. The molecule has 202 valence electrons. The Kier molecular flexibility index (Phi) is 10.2. The van der Waals surface area contributed by atoms with Crippen LogP contribution in [0.3, 0.4) is 0 Å². The molecule has 1 atom stereocenters. The Labute approximate surface area is 234 Å². The maximum absolute atomic E-state index is 13.8. The molecular weight excluding hydrogens is 545 g/mol. The number of hydrogen-bond donors (Lipinski definition) is 1. The highest BCUT2D eigenvalue weighted by atomic mass is 35.5. The SMILES string of the molecule is CCCNC(=O)[C@H](C)N(Cc1ccc(C)cc1)C(=O)CN(c1cccc(Cl)c1)S(=O)(=O)c1ccc(Cl)cc1. The third-order valence-electron chi connectivity index (χ3n) is 5.97. The van der Waals surface area contributed by atoms with Crippen LogP contribution in [0.5, 0.6) is 0 Å². The monoisotopic (exact) mass is 575 g/mol. The van der Waals surface area contributed by atoms with Gasteiger partial charge >= 0.3 is 0 Å². The van der Waals surface area contributed by atoms with Gasteiger partial charge in [-0.3, -0.25) is 13.9 Å². The van der Waals surface area contributed by atoms with E-state index in [1.807, 2.05) is 38.1 Å². The van der Waals surface area contributed by atoms with E-state index < -0.39 is 28.5 Å². The van der Waals surface area contributed by atoms with Crippen molar-refractivity contribution in [3.8, 4) is 0 Å². The van der Waals surface area contributed by atoms with Gasteiger partial charge in [-0.2, -0.15) is 0 Å². The zero-order chi connectivity index (χ0) is 27.9. The molecule has 7 nitrogen and oxygen atoms in total. The minimum Gasteiger partial charge on any atom is -0.354 e. The summed E-state index contributed by atoms with van der Waals surface area (Å²) in [5, 5.41) is 3.52. The number of aryl methyl sites for hydroxylation is 1. The summed E-state index contributed by atoms with van der Waals surface area (Å²) in [6.45, 7) is 5.58. The highest BCUT2D eigenvalue weighted by Crippen LogP contribution is 2.27. The molecule has 0 spiro atoms. The number of halogens is 2. The molecule has 3 rings (SSSR count). The van der Waals surface area contributed by atoms with Gasteiger partial charge in [0.25, 0.3) is 10.0 Å². The lowest BCUT2D eigenvalue weighted by Crippen LogP contribution is -2.51. The van der Waals surface area contributed by atoms with E-state index in [9.17, 15) is 18.0 Å². The third kappa shape index (κ3) is 7.49. The van der Waals surface area contributed by atoms with Crippen molar-refractivity contribution >= 4 is 50.7 Å². The van der Waals surface area contributed by atoms with Gasteiger partial charge in [-0.15, -0.1) is 0 Å². The van der Waals surface area contributed by atoms with E-state index in [1.165, 1.54) is 35.2 Å². The minimum absolute atomic E-state index is 0.0338. The molecule has 3 aromatic carbocycles. The summed E-state index contributed by atoms with van der Waals surface area (Å²) in [5.41, 5.74) is 2.09. The summed E-state index contributed by atoms with van der Waals surface area (Å²) in [7, 11) is -4.19. The molecule has 0 saturated carbocycles. The molecule has 0 heterocycles. The summed E-state index contributed by atoms with van der Waals surface area (Å²) in [5.74, 6) is -0.857. The lowest BCUT2D eigenvalue weighted by molar-refractivity contribution is -0.139. The average molecular weight is 577 g/mol. The first kappa shape index (κ1) is 29.5. The fourth-order valence-electron chi connectivity index (χ4n) is 3.76. The first-order valence-corrected chi connectivity index (χ1v) is 14.4. The number of benzene rings is 3. The first-order chi connectivity index (χ1) is 18.0. The van der Waals surface area contributed by atoms with Crippen molar-refractivity contribution in [2.45, 2.75) is 44.7 Å². The number of hydrogen-bond acceptors (Lipinski definition) is 4. The highest BCUT2D eigenvalue weighted by molar-refractivity contribution is 7.92. The zero-order valence-corrected chi connectivity index (χ0v) is 23.9. The summed E-state index contributed by atoms with van der Waals surface area (Å²) < 4.78 is 28.5. The minimum atomic E-state index is -4.19. The van der Waals surface area contributed by atoms with Gasteiger partial charge in [-0.25, -0.2) is 8.42 Å². The molecule has 0 fully saturated rings. The van der Waals surface area contributed by atoms with Crippen molar-refractivity contribution in [2.75, 3.05) is 17.4 Å². The molecule has 10 heteroatoms. The lowest BCUT2D eigenvalue weighted by atomic mass is 10.1. The smallest absolute Gasteiger partial charge is 0.264 e. The Morgan fingerprint density at radius 2 is 1.61 bits per heavy atom. The van der Waals surface area contributed by atoms with E-state index in [-0.39, 0.29) is 23.0 Å². The number of rotatable bonds is 11. The standard InChI is InChI=1S/C28H31Cl2N3O4S/c1-4-16-31-28(35)21(3)32(18-22-10-8-20(2)9-11-22)27(34)19-33(25-7-5-6-24(30)17-25)38(36,37)26-14-12-23(29)13-15-26/h5-15,17,21H,4,16,18-19H2,1-3H3,(H,31,35)/t21-/m0/s1. The Morgan fingerprint density at radius 3 is 2.21 bits per heavy atom. The fraction of sp³-hybridized carbons (Fsp3) is 0.286. The van der Waals surface area contributed by atoms with Crippen LogP contribution >= 0.6 is 23.2 Å². The van der Waals surface area contributed by atoms with Gasteiger partial charge in [-0.1, -0.05) is 66.0 Å². The Balaban J connectivity index is 2.01. The molecule has 2 amide bonds. The zero-order valence-electron chi connectivity index (χ0n) is 21.5. The quantitative estimate of drug-likeness (QED) is 0.330. The van der Waals surface area contributed by atoms with Crippen molar-refractivity contribution in [1.82, 2.24) is 10.2 Å². The molecule has 0 bridgehead atoms. The van der Waals surface area contributed by atoms with Crippen LogP contribution in [0.25, 0.3) is 0 Å². The second kappa shape index (κ2) is 13.1. The summed E-state index contributed by atoms with van der Waals surface area (Å²) in [6.07, 6.45) is 0.742. The van der Waals surface area contributed by atoms with Crippen LogP contribution in [0.2, 0.25) is 10.0 Å². The molecule has 0 aliphatic rings. The average Bonchev–Trinajstić information content (AvgIpc) is 2.89. The largest absolute Gasteiger partial charge is 0.354 e. The second-order valence-electron chi connectivity index (χ2n) is 8.92. The van der Waals surface area contributed by atoms with Gasteiger partial charge in [-0.05, 0) is 68.3 Å². The topological polar surface area (TPSA) is 86.8 Å². The number of nitrogens with one attached hydrogen (secondary N) is 1. The van der Waals surface area contributed by atoms with E-state index in [0.29, 0.717) is 16.6 Å². The van der Waals surface area contributed by atoms with Crippen molar-refractivity contribution in [2.24, 2.45) is 0 Å². The molecule has 0 aromatic heterocycles. The Bertz CT molecular complexity index is 1360. The van der Waals surface area contributed by atoms with Gasteiger partial charge in [0.15, 0.2) is 0 Å². The fourth-order valence-corrected chi connectivity index (χ4v) is 5.48. The number of anilines is 1. The highest BCUT2D eigenvalue weighted by Gasteiger charge is 2.32. The van der Waals surface area contributed by atoms with Crippen molar-refractivity contribution in [3.63, 3.8) is 0 Å². The molecule has 0 radical (unpaired) electrons. The second-order valence-corrected chi connectivity index (χ2v) is 11.7. The molecule has 1 N–H and O–H groups in total. The summed E-state index contributed by atoms with van der Waals surface area (Å²) in [6, 6.07) is 18.7. The maximum Gasteiger partial charge on any atom is 0.264 e. The van der Waals surface area contributed by atoms with Crippen LogP contribution in [0.15, 0.2) is 77.7 Å².